The summed E-state index contributed by atoms with van der Waals surface area (Å²) in [6.07, 6.45) is 0. The topological polar surface area (TPSA) is 62.3 Å². The van der Waals surface area contributed by atoms with Gasteiger partial charge in [0.25, 0.3) is 5.91 Å². The number of carbonyl (C=O) groups is 2. The van der Waals surface area contributed by atoms with Crippen LogP contribution in [0.1, 0.15) is 0 Å². The first-order chi connectivity index (χ1) is 12.0. The SMILES string of the molecule is CN(C)CC(=O)N1CCOC[C@]2(C1)CN(c1ccccc1)C(=O)CO2. The van der Waals surface area contributed by atoms with Crippen molar-refractivity contribution < 1.29 is 19.1 Å². The van der Waals surface area contributed by atoms with Crippen molar-refractivity contribution in [3.63, 3.8) is 0 Å². The van der Waals surface area contributed by atoms with Gasteiger partial charge in [-0.3, -0.25) is 9.59 Å². The fraction of sp³-hybridized carbons (Fsp3) is 0.556. The third kappa shape index (κ3) is 4.18. The van der Waals surface area contributed by atoms with Crippen molar-refractivity contribution in [2.45, 2.75) is 5.60 Å². The Bertz CT molecular complexity index is 622. The molecule has 2 aliphatic rings. The Morgan fingerprint density at radius 3 is 2.72 bits per heavy atom. The summed E-state index contributed by atoms with van der Waals surface area (Å²) < 4.78 is 11.6. The van der Waals surface area contributed by atoms with E-state index in [1.54, 1.807) is 9.80 Å². The van der Waals surface area contributed by atoms with E-state index >= 15 is 0 Å². The lowest BCUT2D eigenvalue weighted by Gasteiger charge is -2.43. The molecule has 2 saturated heterocycles. The Morgan fingerprint density at radius 1 is 1.24 bits per heavy atom. The molecule has 1 aromatic rings. The van der Waals surface area contributed by atoms with Gasteiger partial charge in [0.2, 0.25) is 5.91 Å². The highest BCUT2D eigenvalue weighted by atomic mass is 16.6. The molecule has 1 atom stereocenters. The zero-order chi connectivity index (χ0) is 17.9. The van der Waals surface area contributed by atoms with Gasteiger partial charge >= 0.3 is 0 Å². The molecule has 0 radical (unpaired) electrons. The molecule has 0 bridgehead atoms. The van der Waals surface area contributed by atoms with Gasteiger partial charge in [-0.1, -0.05) is 18.2 Å². The van der Waals surface area contributed by atoms with Gasteiger partial charge in [0.15, 0.2) is 0 Å². The first-order valence-electron chi connectivity index (χ1n) is 8.49. The van der Waals surface area contributed by atoms with Crippen LogP contribution in [0.2, 0.25) is 0 Å². The van der Waals surface area contributed by atoms with Gasteiger partial charge in [-0.2, -0.15) is 0 Å². The third-order valence-corrected chi connectivity index (χ3v) is 4.47. The van der Waals surface area contributed by atoms with E-state index in [9.17, 15) is 9.59 Å². The fourth-order valence-corrected chi connectivity index (χ4v) is 3.23. The molecule has 3 rings (SSSR count). The van der Waals surface area contributed by atoms with E-state index in [4.69, 9.17) is 9.47 Å². The van der Waals surface area contributed by atoms with Crippen molar-refractivity contribution in [1.29, 1.82) is 0 Å². The zero-order valence-corrected chi connectivity index (χ0v) is 14.8. The van der Waals surface area contributed by atoms with Crippen molar-refractivity contribution in [1.82, 2.24) is 9.80 Å². The molecule has 2 fully saturated rings. The Labute approximate surface area is 148 Å². The van der Waals surface area contributed by atoms with Gasteiger partial charge < -0.3 is 24.2 Å². The molecule has 2 amide bonds. The molecule has 7 heteroatoms. The summed E-state index contributed by atoms with van der Waals surface area (Å²) >= 11 is 0. The number of hydrogen-bond donors (Lipinski definition) is 0. The average Bonchev–Trinajstić information content (AvgIpc) is 2.80. The van der Waals surface area contributed by atoms with Crippen LogP contribution in [0.5, 0.6) is 0 Å². The van der Waals surface area contributed by atoms with Crippen molar-refractivity contribution in [3.05, 3.63) is 30.3 Å². The van der Waals surface area contributed by atoms with E-state index in [-0.39, 0.29) is 18.4 Å². The summed E-state index contributed by atoms with van der Waals surface area (Å²) in [5, 5.41) is 0. The monoisotopic (exact) mass is 347 g/mol. The quantitative estimate of drug-likeness (QED) is 0.782. The van der Waals surface area contributed by atoms with Crippen LogP contribution < -0.4 is 4.90 Å². The molecule has 25 heavy (non-hydrogen) atoms. The van der Waals surface area contributed by atoms with Gasteiger partial charge in [-0.15, -0.1) is 0 Å². The number of amides is 2. The molecule has 1 spiro atoms. The van der Waals surface area contributed by atoms with E-state index in [1.165, 1.54) is 0 Å². The van der Waals surface area contributed by atoms with Crippen LogP contribution in [-0.4, -0.2) is 87.3 Å². The van der Waals surface area contributed by atoms with E-state index in [2.05, 4.69) is 0 Å². The van der Waals surface area contributed by atoms with E-state index in [1.807, 2.05) is 49.3 Å². The first-order valence-corrected chi connectivity index (χ1v) is 8.49. The molecule has 2 aliphatic heterocycles. The van der Waals surface area contributed by atoms with Gasteiger partial charge in [0, 0.05) is 12.2 Å². The molecule has 136 valence electrons. The minimum atomic E-state index is -0.692. The van der Waals surface area contributed by atoms with Crippen molar-refractivity contribution >= 4 is 17.5 Å². The van der Waals surface area contributed by atoms with Crippen molar-refractivity contribution in [3.8, 4) is 0 Å². The van der Waals surface area contributed by atoms with Crippen LogP contribution in [0.3, 0.4) is 0 Å². The largest absolute Gasteiger partial charge is 0.376 e. The Kier molecular flexibility index (Phi) is 5.36. The zero-order valence-electron chi connectivity index (χ0n) is 14.8. The summed E-state index contributed by atoms with van der Waals surface area (Å²) in [7, 11) is 3.74. The van der Waals surface area contributed by atoms with Crippen LogP contribution in [0.4, 0.5) is 5.69 Å². The average molecular weight is 347 g/mol. The standard InChI is InChI=1S/C18H25N3O4/c1-19(2)10-16(22)20-8-9-24-14-18(12-20)13-21(17(23)11-25-18)15-6-4-3-5-7-15/h3-7H,8-14H2,1-2H3/t18-/m0/s1. The van der Waals surface area contributed by atoms with Crippen LogP contribution >= 0.6 is 0 Å². The maximum atomic E-state index is 12.5. The first kappa shape index (κ1) is 17.8. The highest BCUT2D eigenvalue weighted by Crippen LogP contribution is 2.27. The third-order valence-electron chi connectivity index (χ3n) is 4.47. The molecule has 0 unspecified atom stereocenters. The lowest BCUT2D eigenvalue weighted by atomic mass is 10.0. The van der Waals surface area contributed by atoms with Crippen LogP contribution in [0.25, 0.3) is 0 Å². The molecule has 2 heterocycles. The number of benzene rings is 1. The lowest BCUT2D eigenvalue weighted by molar-refractivity contribution is -0.149. The summed E-state index contributed by atoms with van der Waals surface area (Å²) in [6.45, 7) is 2.53. The van der Waals surface area contributed by atoms with E-state index in [0.717, 1.165) is 5.69 Å². The molecule has 1 aromatic carbocycles. The van der Waals surface area contributed by atoms with Crippen LogP contribution in [0, 0.1) is 0 Å². The van der Waals surface area contributed by atoms with Gasteiger partial charge in [-0.05, 0) is 26.2 Å². The number of likely N-dealkylation sites (N-methyl/N-ethyl adjacent to an activating group) is 1. The number of nitrogens with zero attached hydrogens (tertiary/aromatic N) is 3. The van der Waals surface area contributed by atoms with Crippen LogP contribution in [0.15, 0.2) is 30.3 Å². The maximum absolute atomic E-state index is 12.5. The summed E-state index contributed by atoms with van der Waals surface area (Å²) in [4.78, 5) is 30.2. The second-order valence-electron chi connectivity index (χ2n) is 6.89. The predicted molar refractivity (Wildman–Crippen MR) is 93.4 cm³/mol. The van der Waals surface area contributed by atoms with Gasteiger partial charge in [0.1, 0.15) is 12.2 Å². The van der Waals surface area contributed by atoms with E-state index in [0.29, 0.717) is 39.4 Å². The van der Waals surface area contributed by atoms with Gasteiger partial charge in [0.05, 0.1) is 32.8 Å². The number of para-hydroxylation sites is 1. The highest BCUT2D eigenvalue weighted by molar-refractivity contribution is 5.95. The smallest absolute Gasteiger partial charge is 0.253 e. The summed E-state index contributed by atoms with van der Waals surface area (Å²) in [5.41, 5.74) is 0.146. The van der Waals surface area contributed by atoms with Crippen molar-refractivity contribution in [2.75, 3.05) is 65.0 Å². The second-order valence-corrected chi connectivity index (χ2v) is 6.89. The Hall–Kier alpha value is -1.96. The normalized spacial score (nSPS) is 24.7. The number of hydrogen-bond acceptors (Lipinski definition) is 5. The van der Waals surface area contributed by atoms with Crippen LogP contribution in [-0.2, 0) is 19.1 Å². The number of anilines is 1. The highest BCUT2D eigenvalue weighted by Gasteiger charge is 2.44. The Balaban J connectivity index is 1.79. The van der Waals surface area contributed by atoms with Gasteiger partial charge in [-0.25, -0.2) is 0 Å². The molecule has 0 aromatic heterocycles. The van der Waals surface area contributed by atoms with Crippen molar-refractivity contribution in [2.24, 2.45) is 0 Å². The number of rotatable bonds is 3. The summed E-state index contributed by atoms with van der Waals surface area (Å²) in [5.74, 6) is -0.0334. The minimum Gasteiger partial charge on any atom is -0.376 e. The molecule has 0 N–H and O–H groups in total. The number of morpholine rings is 1. The molecule has 0 saturated carbocycles. The van der Waals surface area contributed by atoms with E-state index < -0.39 is 5.60 Å². The lowest BCUT2D eigenvalue weighted by Crippen LogP contribution is -2.61. The summed E-state index contributed by atoms with van der Waals surface area (Å²) in [6, 6.07) is 9.54. The second kappa shape index (κ2) is 7.51. The molecule has 7 nitrogen and oxygen atoms in total. The molecular formula is C18H25N3O4. The predicted octanol–water partition coefficient (Wildman–Crippen LogP) is 0.209. The fourth-order valence-electron chi connectivity index (χ4n) is 3.23. The number of ether oxygens (including phenoxy) is 2. The minimum absolute atomic E-state index is 0.00599. The molecular weight excluding hydrogens is 322 g/mol. The Morgan fingerprint density at radius 2 is 2.00 bits per heavy atom. The maximum Gasteiger partial charge on any atom is 0.253 e. The number of carbonyl (C=O) groups excluding carboxylic acids is 2. The molecule has 0 aliphatic carbocycles.